The fraction of sp³-hybridized carbons (Fsp3) is 0.267. The van der Waals surface area contributed by atoms with Crippen LogP contribution >= 0.6 is 0 Å². The maximum Gasteiger partial charge on any atom is 0.336 e. The molecule has 2 heteroatoms. The Kier molecular flexibility index (Phi) is 2.88. The Labute approximate surface area is 101 Å². The summed E-state index contributed by atoms with van der Waals surface area (Å²) in [5.74, 6) is -0.463. The Morgan fingerprint density at radius 3 is 2.29 bits per heavy atom. The number of carboxylic acids is 1. The molecule has 1 N–H and O–H groups in total. The summed E-state index contributed by atoms with van der Waals surface area (Å²) in [7, 11) is 0. The summed E-state index contributed by atoms with van der Waals surface area (Å²) in [6.45, 7) is 6.12. The number of hydrogen-bond donors (Lipinski definition) is 1. The van der Waals surface area contributed by atoms with Crippen LogP contribution in [0.15, 0.2) is 30.3 Å². The zero-order chi connectivity index (χ0) is 12.6. The minimum Gasteiger partial charge on any atom is -0.478 e. The van der Waals surface area contributed by atoms with E-state index < -0.39 is 5.97 Å². The van der Waals surface area contributed by atoms with Crippen LogP contribution in [0.4, 0.5) is 0 Å². The Hall–Kier alpha value is -1.83. The predicted octanol–water partition coefficient (Wildman–Crippen LogP) is 3.97. The molecule has 0 heterocycles. The SMILES string of the molecule is Cc1cc(C(C)C)c2ccccc2c1C(=O)O. The first-order valence-corrected chi connectivity index (χ1v) is 5.78. The molecule has 2 aromatic carbocycles. The number of aryl methyl sites for hydroxylation is 1. The van der Waals surface area contributed by atoms with E-state index >= 15 is 0 Å². The van der Waals surface area contributed by atoms with Gasteiger partial charge in [-0.05, 0) is 34.7 Å². The first kappa shape index (κ1) is 11.6. The lowest BCUT2D eigenvalue weighted by atomic mass is 9.90. The number of rotatable bonds is 2. The molecule has 0 spiro atoms. The second-order valence-electron chi connectivity index (χ2n) is 4.66. The predicted molar refractivity (Wildman–Crippen MR) is 69.7 cm³/mol. The second-order valence-corrected chi connectivity index (χ2v) is 4.66. The fourth-order valence-corrected chi connectivity index (χ4v) is 2.31. The molecule has 0 fully saturated rings. The van der Waals surface area contributed by atoms with Crippen molar-refractivity contribution >= 4 is 16.7 Å². The highest BCUT2D eigenvalue weighted by atomic mass is 16.4. The van der Waals surface area contributed by atoms with Crippen molar-refractivity contribution in [3.05, 3.63) is 47.0 Å². The van der Waals surface area contributed by atoms with Gasteiger partial charge >= 0.3 is 5.97 Å². The molecule has 0 saturated carbocycles. The average molecular weight is 228 g/mol. The maximum atomic E-state index is 11.3. The van der Waals surface area contributed by atoms with Gasteiger partial charge in [0.2, 0.25) is 0 Å². The summed E-state index contributed by atoms with van der Waals surface area (Å²) >= 11 is 0. The van der Waals surface area contributed by atoms with Gasteiger partial charge < -0.3 is 5.11 Å². The van der Waals surface area contributed by atoms with Gasteiger partial charge in [0.25, 0.3) is 0 Å². The minimum absolute atomic E-state index is 0.390. The van der Waals surface area contributed by atoms with Crippen molar-refractivity contribution in [1.29, 1.82) is 0 Å². The molecule has 2 rings (SSSR count). The third kappa shape index (κ3) is 1.91. The number of hydrogen-bond acceptors (Lipinski definition) is 1. The summed E-state index contributed by atoms with van der Waals surface area (Å²) in [5, 5.41) is 11.2. The highest BCUT2D eigenvalue weighted by molar-refractivity contribution is 6.06. The van der Waals surface area contributed by atoms with Gasteiger partial charge in [-0.2, -0.15) is 0 Å². The van der Waals surface area contributed by atoms with Crippen LogP contribution in [-0.2, 0) is 0 Å². The third-order valence-electron chi connectivity index (χ3n) is 3.11. The molecule has 2 aromatic rings. The molecule has 88 valence electrons. The van der Waals surface area contributed by atoms with Crippen molar-refractivity contribution in [2.45, 2.75) is 26.7 Å². The summed E-state index contributed by atoms with van der Waals surface area (Å²) in [5.41, 5.74) is 2.47. The molecule has 0 amide bonds. The maximum absolute atomic E-state index is 11.3. The van der Waals surface area contributed by atoms with Crippen molar-refractivity contribution in [3.63, 3.8) is 0 Å². The van der Waals surface area contributed by atoms with Crippen LogP contribution in [0.1, 0.15) is 41.3 Å². The molecule has 2 nitrogen and oxygen atoms in total. The minimum atomic E-state index is -0.853. The number of aromatic carboxylic acids is 1. The highest BCUT2D eigenvalue weighted by Crippen LogP contribution is 2.30. The molecule has 17 heavy (non-hydrogen) atoms. The quantitative estimate of drug-likeness (QED) is 0.844. The van der Waals surface area contributed by atoms with Crippen molar-refractivity contribution in [2.75, 3.05) is 0 Å². The van der Waals surface area contributed by atoms with Gasteiger partial charge in [-0.1, -0.05) is 44.2 Å². The van der Waals surface area contributed by atoms with Crippen LogP contribution < -0.4 is 0 Å². The van der Waals surface area contributed by atoms with Crippen molar-refractivity contribution in [3.8, 4) is 0 Å². The van der Waals surface area contributed by atoms with E-state index in [0.29, 0.717) is 11.5 Å². The van der Waals surface area contributed by atoms with Crippen LogP contribution in [0, 0.1) is 6.92 Å². The van der Waals surface area contributed by atoms with E-state index in [1.807, 2.05) is 37.3 Å². The lowest BCUT2D eigenvalue weighted by molar-refractivity contribution is 0.0698. The van der Waals surface area contributed by atoms with E-state index in [4.69, 9.17) is 0 Å². The number of carbonyl (C=O) groups is 1. The van der Waals surface area contributed by atoms with Gasteiger partial charge in [0.15, 0.2) is 0 Å². The Morgan fingerprint density at radius 2 is 1.76 bits per heavy atom. The van der Waals surface area contributed by atoms with Gasteiger partial charge in [0, 0.05) is 0 Å². The summed E-state index contributed by atoms with van der Waals surface area (Å²) in [4.78, 5) is 11.3. The second kappa shape index (κ2) is 4.21. The summed E-state index contributed by atoms with van der Waals surface area (Å²) in [6, 6.07) is 9.72. The van der Waals surface area contributed by atoms with Crippen LogP contribution in [0.25, 0.3) is 10.8 Å². The largest absolute Gasteiger partial charge is 0.478 e. The third-order valence-corrected chi connectivity index (χ3v) is 3.11. The van der Waals surface area contributed by atoms with Crippen molar-refractivity contribution < 1.29 is 9.90 Å². The van der Waals surface area contributed by atoms with E-state index in [9.17, 15) is 9.90 Å². The van der Waals surface area contributed by atoms with Crippen LogP contribution in [0.2, 0.25) is 0 Å². The lowest BCUT2D eigenvalue weighted by Crippen LogP contribution is -2.03. The zero-order valence-corrected chi connectivity index (χ0v) is 10.3. The molecule has 0 aromatic heterocycles. The van der Waals surface area contributed by atoms with Gasteiger partial charge in [0.05, 0.1) is 5.56 Å². The van der Waals surface area contributed by atoms with Gasteiger partial charge in [-0.15, -0.1) is 0 Å². The number of carboxylic acid groups (broad SMARTS) is 1. The molecule has 0 aliphatic rings. The molecule has 0 bridgehead atoms. The van der Waals surface area contributed by atoms with Crippen LogP contribution in [-0.4, -0.2) is 11.1 Å². The van der Waals surface area contributed by atoms with Crippen molar-refractivity contribution in [2.24, 2.45) is 0 Å². The van der Waals surface area contributed by atoms with E-state index in [-0.39, 0.29) is 0 Å². The first-order valence-electron chi connectivity index (χ1n) is 5.78. The van der Waals surface area contributed by atoms with E-state index in [1.54, 1.807) is 0 Å². The van der Waals surface area contributed by atoms with Gasteiger partial charge in [-0.3, -0.25) is 0 Å². The smallest absolute Gasteiger partial charge is 0.336 e. The van der Waals surface area contributed by atoms with Crippen LogP contribution in [0.5, 0.6) is 0 Å². The highest BCUT2D eigenvalue weighted by Gasteiger charge is 2.15. The monoisotopic (exact) mass is 228 g/mol. The number of fused-ring (bicyclic) bond motifs is 1. The molecule has 0 aliphatic carbocycles. The molecule has 0 unspecified atom stereocenters. The topological polar surface area (TPSA) is 37.3 Å². The molecule has 0 radical (unpaired) electrons. The van der Waals surface area contributed by atoms with Crippen molar-refractivity contribution in [1.82, 2.24) is 0 Å². The Balaban J connectivity index is 2.92. The standard InChI is InChI=1S/C15H16O2/c1-9(2)13-8-10(3)14(15(16)17)12-7-5-4-6-11(12)13/h4-9H,1-3H3,(H,16,17). The molecule has 0 aliphatic heterocycles. The molecular formula is C15H16O2. The molecular weight excluding hydrogens is 212 g/mol. The molecule has 0 atom stereocenters. The van der Waals surface area contributed by atoms with E-state index in [1.165, 1.54) is 5.56 Å². The average Bonchev–Trinajstić information content (AvgIpc) is 2.27. The zero-order valence-electron chi connectivity index (χ0n) is 10.3. The Morgan fingerprint density at radius 1 is 1.18 bits per heavy atom. The van der Waals surface area contributed by atoms with E-state index in [0.717, 1.165) is 16.3 Å². The fourth-order valence-electron chi connectivity index (χ4n) is 2.31. The van der Waals surface area contributed by atoms with Crippen LogP contribution in [0.3, 0.4) is 0 Å². The normalized spacial score (nSPS) is 11.1. The van der Waals surface area contributed by atoms with E-state index in [2.05, 4.69) is 13.8 Å². The summed E-state index contributed by atoms with van der Waals surface area (Å²) < 4.78 is 0. The van der Waals surface area contributed by atoms with Gasteiger partial charge in [0.1, 0.15) is 0 Å². The Bertz CT molecular complexity index is 583. The molecule has 0 saturated heterocycles. The van der Waals surface area contributed by atoms with Gasteiger partial charge in [-0.25, -0.2) is 4.79 Å². The number of benzene rings is 2. The lowest BCUT2D eigenvalue weighted by Gasteiger charge is -2.14. The summed E-state index contributed by atoms with van der Waals surface area (Å²) in [6.07, 6.45) is 0. The first-order chi connectivity index (χ1) is 8.02.